The van der Waals surface area contributed by atoms with E-state index in [1.165, 1.54) is 18.5 Å². The average molecular weight is 366 g/mol. The Labute approximate surface area is 159 Å². The van der Waals surface area contributed by atoms with E-state index in [9.17, 15) is 0 Å². The Morgan fingerprint density at radius 1 is 1.07 bits per heavy atom. The molecule has 0 unspecified atom stereocenters. The van der Waals surface area contributed by atoms with Gasteiger partial charge in [-0.3, -0.25) is 9.80 Å². The molecule has 0 bridgehead atoms. The number of nitrogens with two attached hydrogens (primary N) is 1. The predicted molar refractivity (Wildman–Crippen MR) is 104 cm³/mol. The number of pyridine rings is 1. The molecule has 0 radical (unpaired) electrons. The molecule has 6 heteroatoms. The second-order valence-corrected chi connectivity index (χ2v) is 7.81. The number of hydrogen-bond donors (Lipinski definition) is 1. The maximum atomic E-state index is 6.03. The normalized spacial score (nSPS) is 24.9. The van der Waals surface area contributed by atoms with Crippen LogP contribution in [0.5, 0.6) is 11.5 Å². The highest BCUT2D eigenvalue weighted by Gasteiger charge is 2.41. The Balaban J connectivity index is 1.24. The number of hydrogen-bond acceptors (Lipinski definition) is 6. The molecule has 5 rings (SSSR count). The van der Waals surface area contributed by atoms with Crippen molar-refractivity contribution in [2.45, 2.75) is 25.6 Å². The molecule has 1 aromatic carbocycles. The summed E-state index contributed by atoms with van der Waals surface area (Å²) in [7, 11) is 0. The fraction of sp³-hybridized carbons (Fsp3) is 0.476. The van der Waals surface area contributed by atoms with Crippen molar-refractivity contribution in [3.8, 4) is 11.5 Å². The number of benzene rings is 1. The van der Waals surface area contributed by atoms with Crippen LogP contribution in [0.1, 0.15) is 17.5 Å². The summed E-state index contributed by atoms with van der Waals surface area (Å²) in [6.07, 6.45) is 3.03. The first-order valence-corrected chi connectivity index (χ1v) is 9.80. The Hall–Kier alpha value is -2.31. The zero-order valence-corrected chi connectivity index (χ0v) is 15.5. The van der Waals surface area contributed by atoms with E-state index >= 15 is 0 Å². The Kier molecular flexibility index (Phi) is 4.38. The number of aromatic nitrogens is 1. The minimum Gasteiger partial charge on any atom is -0.486 e. The molecule has 27 heavy (non-hydrogen) atoms. The third kappa shape index (κ3) is 3.35. The lowest BCUT2D eigenvalue weighted by Crippen LogP contribution is -2.34. The molecule has 4 heterocycles. The van der Waals surface area contributed by atoms with Crippen molar-refractivity contribution >= 4 is 5.82 Å². The fourth-order valence-corrected chi connectivity index (χ4v) is 4.71. The van der Waals surface area contributed by atoms with Gasteiger partial charge in [0.1, 0.15) is 19.0 Å². The average Bonchev–Trinajstić information content (AvgIpc) is 3.25. The molecule has 2 atom stereocenters. The monoisotopic (exact) mass is 366 g/mol. The summed E-state index contributed by atoms with van der Waals surface area (Å²) in [5, 5.41) is 0. The zero-order chi connectivity index (χ0) is 18.2. The minimum atomic E-state index is 0.621. The summed E-state index contributed by atoms with van der Waals surface area (Å²) < 4.78 is 11.4. The predicted octanol–water partition coefficient (Wildman–Crippen LogP) is 2.14. The quantitative estimate of drug-likeness (QED) is 0.895. The van der Waals surface area contributed by atoms with Crippen LogP contribution in [0.25, 0.3) is 0 Å². The van der Waals surface area contributed by atoms with Crippen molar-refractivity contribution in [1.82, 2.24) is 14.8 Å². The van der Waals surface area contributed by atoms with Gasteiger partial charge in [-0.2, -0.15) is 0 Å². The van der Waals surface area contributed by atoms with Crippen LogP contribution in [0.4, 0.5) is 5.82 Å². The summed E-state index contributed by atoms with van der Waals surface area (Å²) in [5.74, 6) is 3.16. The second kappa shape index (κ2) is 7.02. The lowest BCUT2D eigenvalue weighted by molar-refractivity contribution is 0.170. The summed E-state index contributed by atoms with van der Waals surface area (Å²) >= 11 is 0. The van der Waals surface area contributed by atoms with Crippen LogP contribution in [-0.4, -0.2) is 53.7 Å². The first-order chi connectivity index (χ1) is 13.3. The molecule has 142 valence electrons. The van der Waals surface area contributed by atoms with Gasteiger partial charge in [-0.05, 0) is 42.6 Å². The summed E-state index contributed by atoms with van der Waals surface area (Å²) in [6, 6.07) is 11.0. The SMILES string of the molecule is Nc1ncccc1CN1C[C@@H]2CCN(Cc3ccc4c(c3)OCCO4)[C@@H]2C1. The topological polar surface area (TPSA) is 63.9 Å². The molecule has 0 amide bonds. The lowest BCUT2D eigenvalue weighted by Gasteiger charge is -2.26. The number of anilines is 1. The molecular weight excluding hydrogens is 340 g/mol. The van der Waals surface area contributed by atoms with Crippen molar-refractivity contribution in [3.63, 3.8) is 0 Å². The summed E-state index contributed by atoms with van der Waals surface area (Å²) in [4.78, 5) is 9.37. The van der Waals surface area contributed by atoms with Gasteiger partial charge in [0.25, 0.3) is 0 Å². The standard InChI is InChI=1S/C21H26N4O2/c22-21-17(2-1-6-23-21)13-24-12-16-5-7-25(18(16)14-24)11-15-3-4-19-20(10-15)27-9-8-26-19/h1-4,6,10,16,18H,5,7-9,11-14H2,(H2,22,23)/t16-,18+/m0/s1. The van der Waals surface area contributed by atoms with Gasteiger partial charge >= 0.3 is 0 Å². The second-order valence-electron chi connectivity index (χ2n) is 7.81. The molecular formula is C21H26N4O2. The van der Waals surface area contributed by atoms with Gasteiger partial charge in [-0.15, -0.1) is 0 Å². The first-order valence-electron chi connectivity index (χ1n) is 9.80. The highest BCUT2D eigenvalue weighted by Crippen LogP contribution is 2.35. The van der Waals surface area contributed by atoms with E-state index in [1.807, 2.05) is 12.1 Å². The van der Waals surface area contributed by atoms with Crippen LogP contribution in [0, 0.1) is 5.92 Å². The van der Waals surface area contributed by atoms with E-state index in [4.69, 9.17) is 15.2 Å². The minimum absolute atomic E-state index is 0.621. The zero-order valence-electron chi connectivity index (χ0n) is 15.5. The Morgan fingerprint density at radius 3 is 2.85 bits per heavy atom. The van der Waals surface area contributed by atoms with Gasteiger partial charge in [-0.1, -0.05) is 12.1 Å². The third-order valence-corrected chi connectivity index (χ3v) is 6.05. The van der Waals surface area contributed by atoms with Crippen molar-refractivity contribution in [2.24, 2.45) is 5.92 Å². The highest BCUT2D eigenvalue weighted by molar-refractivity contribution is 5.44. The molecule has 2 fully saturated rings. The van der Waals surface area contributed by atoms with Crippen LogP contribution < -0.4 is 15.2 Å². The maximum absolute atomic E-state index is 6.03. The molecule has 0 spiro atoms. The van der Waals surface area contributed by atoms with Crippen LogP contribution >= 0.6 is 0 Å². The molecule has 6 nitrogen and oxygen atoms in total. The Bertz CT molecular complexity index is 828. The molecule has 3 aliphatic rings. The first kappa shape index (κ1) is 16.8. The number of fused-ring (bicyclic) bond motifs is 2. The van der Waals surface area contributed by atoms with Crippen LogP contribution in [0.15, 0.2) is 36.5 Å². The highest BCUT2D eigenvalue weighted by atomic mass is 16.6. The van der Waals surface area contributed by atoms with Gasteiger partial charge < -0.3 is 15.2 Å². The van der Waals surface area contributed by atoms with E-state index < -0.39 is 0 Å². The lowest BCUT2D eigenvalue weighted by atomic mass is 10.0. The van der Waals surface area contributed by atoms with E-state index in [1.54, 1.807) is 6.20 Å². The van der Waals surface area contributed by atoms with E-state index in [-0.39, 0.29) is 0 Å². The largest absolute Gasteiger partial charge is 0.486 e. The third-order valence-electron chi connectivity index (χ3n) is 6.05. The molecule has 2 N–H and O–H groups in total. The molecule has 0 aliphatic carbocycles. The molecule has 2 saturated heterocycles. The fourth-order valence-electron chi connectivity index (χ4n) is 4.71. The number of likely N-dealkylation sites (tertiary alicyclic amines) is 2. The number of ether oxygens (including phenoxy) is 2. The van der Waals surface area contributed by atoms with Gasteiger partial charge in [-0.25, -0.2) is 4.98 Å². The van der Waals surface area contributed by atoms with E-state index in [0.717, 1.165) is 49.2 Å². The van der Waals surface area contributed by atoms with Crippen LogP contribution in [0.2, 0.25) is 0 Å². The number of nitrogen functional groups attached to an aromatic ring is 1. The van der Waals surface area contributed by atoms with Crippen molar-refractivity contribution in [3.05, 3.63) is 47.7 Å². The van der Waals surface area contributed by atoms with Crippen LogP contribution in [-0.2, 0) is 13.1 Å². The van der Waals surface area contributed by atoms with Gasteiger partial charge in [0.15, 0.2) is 11.5 Å². The number of nitrogens with zero attached hydrogens (tertiary/aromatic N) is 3. The molecule has 1 aromatic heterocycles. The van der Waals surface area contributed by atoms with Gasteiger partial charge in [0.2, 0.25) is 0 Å². The van der Waals surface area contributed by atoms with Crippen molar-refractivity contribution in [1.29, 1.82) is 0 Å². The van der Waals surface area contributed by atoms with E-state index in [0.29, 0.717) is 25.1 Å². The molecule has 0 saturated carbocycles. The summed E-state index contributed by atoms with van der Waals surface area (Å²) in [5.41, 5.74) is 8.47. The van der Waals surface area contributed by atoms with E-state index in [2.05, 4.69) is 33.0 Å². The smallest absolute Gasteiger partial charge is 0.161 e. The Morgan fingerprint density at radius 2 is 1.96 bits per heavy atom. The van der Waals surface area contributed by atoms with Gasteiger partial charge in [0.05, 0.1) is 0 Å². The van der Waals surface area contributed by atoms with Crippen molar-refractivity contribution < 1.29 is 9.47 Å². The maximum Gasteiger partial charge on any atom is 0.161 e. The van der Waals surface area contributed by atoms with Crippen molar-refractivity contribution in [2.75, 3.05) is 38.6 Å². The van der Waals surface area contributed by atoms with Gasteiger partial charge in [0, 0.05) is 44.0 Å². The van der Waals surface area contributed by atoms with Crippen LogP contribution in [0.3, 0.4) is 0 Å². The molecule has 3 aliphatic heterocycles. The number of rotatable bonds is 4. The molecule has 2 aromatic rings. The summed E-state index contributed by atoms with van der Waals surface area (Å²) in [6.45, 7) is 6.56.